The molecule has 3 aromatic rings. The van der Waals surface area contributed by atoms with E-state index >= 15 is 0 Å². The second kappa shape index (κ2) is 10.4. The second-order valence-corrected chi connectivity index (χ2v) is 10.3. The molecule has 3 rings (SSSR count). The van der Waals surface area contributed by atoms with Gasteiger partial charge in [-0.3, -0.25) is 4.79 Å². The average Bonchev–Trinajstić information content (AvgIpc) is 2.80. The van der Waals surface area contributed by atoms with E-state index in [1.807, 2.05) is 13.8 Å². The highest BCUT2D eigenvalue weighted by Gasteiger charge is 2.24. The van der Waals surface area contributed by atoms with E-state index in [0.29, 0.717) is 33.7 Å². The standard InChI is InChI=1S/C26H30FN3O4S/c1-15(2)20-12-19(27)13-21(18-7-8-29-26(11-18)34-6)22(20)14-25(31)30-35(32,33)24-10-16(3)23(28-5)9-17(24)4/h7-13,15,28H,14H2,1-6H3,(H,30,31). The van der Waals surface area contributed by atoms with Crippen molar-refractivity contribution in [2.75, 3.05) is 19.5 Å². The lowest BCUT2D eigenvalue weighted by Gasteiger charge is -2.19. The number of ether oxygens (including phenoxy) is 1. The number of carbonyl (C=O) groups excluding carboxylic acids is 1. The molecule has 0 spiro atoms. The number of nitrogens with one attached hydrogen (secondary N) is 2. The van der Waals surface area contributed by atoms with Gasteiger partial charge in [0, 0.05) is 25.0 Å². The molecule has 0 aliphatic heterocycles. The number of nitrogens with zero attached hydrogens (tertiary/aromatic N) is 1. The topological polar surface area (TPSA) is 97.4 Å². The lowest BCUT2D eigenvalue weighted by atomic mass is 9.88. The fourth-order valence-electron chi connectivity index (χ4n) is 4.07. The van der Waals surface area contributed by atoms with Crippen molar-refractivity contribution in [3.05, 3.63) is 70.7 Å². The van der Waals surface area contributed by atoms with Crippen LogP contribution in [0.2, 0.25) is 0 Å². The third-order valence-electron chi connectivity index (χ3n) is 5.79. The van der Waals surface area contributed by atoms with Crippen LogP contribution in [0.4, 0.5) is 10.1 Å². The van der Waals surface area contributed by atoms with Crippen molar-refractivity contribution in [1.29, 1.82) is 0 Å². The predicted molar refractivity (Wildman–Crippen MR) is 135 cm³/mol. The molecule has 186 valence electrons. The first-order valence-electron chi connectivity index (χ1n) is 11.1. The van der Waals surface area contributed by atoms with Gasteiger partial charge in [-0.25, -0.2) is 22.5 Å². The first-order chi connectivity index (χ1) is 16.5. The van der Waals surface area contributed by atoms with Gasteiger partial charge in [-0.2, -0.15) is 0 Å². The summed E-state index contributed by atoms with van der Waals surface area (Å²) in [6.07, 6.45) is 1.28. The van der Waals surface area contributed by atoms with Crippen molar-refractivity contribution in [2.24, 2.45) is 0 Å². The van der Waals surface area contributed by atoms with E-state index in [1.165, 1.54) is 31.5 Å². The van der Waals surface area contributed by atoms with Crippen LogP contribution in [0.3, 0.4) is 0 Å². The van der Waals surface area contributed by atoms with E-state index in [-0.39, 0.29) is 17.2 Å². The Morgan fingerprint density at radius 3 is 2.46 bits per heavy atom. The number of aromatic nitrogens is 1. The van der Waals surface area contributed by atoms with Gasteiger partial charge in [-0.15, -0.1) is 0 Å². The zero-order chi connectivity index (χ0) is 25.9. The van der Waals surface area contributed by atoms with Crippen molar-refractivity contribution in [3.8, 4) is 17.0 Å². The number of halogens is 1. The Hall–Kier alpha value is -3.46. The zero-order valence-corrected chi connectivity index (χ0v) is 21.5. The maximum atomic E-state index is 14.6. The van der Waals surface area contributed by atoms with Crippen molar-refractivity contribution < 1.29 is 22.3 Å². The minimum absolute atomic E-state index is 0.0321. The van der Waals surface area contributed by atoms with E-state index in [2.05, 4.69) is 15.0 Å². The molecule has 0 unspecified atom stereocenters. The first-order valence-corrected chi connectivity index (χ1v) is 12.6. The molecule has 0 fully saturated rings. The summed E-state index contributed by atoms with van der Waals surface area (Å²) in [7, 11) is -0.890. The van der Waals surface area contributed by atoms with E-state index < -0.39 is 21.7 Å². The van der Waals surface area contributed by atoms with Crippen LogP contribution in [0.15, 0.2) is 47.5 Å². The van der Waals surface area contributed by atoms with Gasteiger partial charge >= 0.3 is 0 Å². The molecule has 2 N–H and O–H groups in total. The van der Waals surface area contributed by atoms with E-state index in [4.69, 9.17) is 4.74 Å². The van der Waals surface area contributed by atoms with E-state index in [1.54, 1.807) is 39.1 Å². The molecule has 35 heavy (non-hydrogen) atoms. The van der Waals surface area contributed by atoms with Gasteiger partial charge in [0.15, 0.2) is 0 Å². The number of benzene rings is 2. The Morgan fingerprint density at radius 2 is 1.83 bits per heavy atom. The lowest BCUT2D eigenvalue weighted by Crippen LogP contribution is -2.32. The van der Waals surface area contributed by atoms with Crippen LogP contribution in [-0.4, -0.2) is 33.5 Å². The molecule has 0 saturated carbocycles. The minimum Gasteiger partial charge on any atom is -0.481 e. The molecule has 9 heteroatoms. The zero-order valence-electron chi connectivity index (χ0n) is 20.7. The summed E-state index contributed by atoms with van der Waals surface area (Å²) in [6.45, 7) is 7.23. The van der Waals surface area contributed by atoms with Gasteiger partial charge < -0.3 is 10.1 Å². The molecule has 0 atom stereocenters. The van der Waals surface area contributed by atoms with Crippen molar-refractivity contribution in [3.63, 3.8) is 0 Å². The summed E-state index contributed by atoms with van der Waals surface area (Å²) in [6, 6.07) is 9.31. The Labute approximate surface area is 205 Å². The number of sulfonamides is 1. The average molecular weight is 500 g/mol. The van der Waals surface area contributed by atoms with Crippen molar-refractivity contribution in [1.82, 2.24) is 9.71 Å². The summed E-state index contributed by atoms with van der Waals surface area (Å²) < 4.78 is 48.1. The molecule has 0 radical (unpaired) electrons. The fourth-order valence-corrected chi connectivity index (χ4v) is 5.36. The van der Waals surface area contributed by atoms with Crippen LogP contribution >= 0.6 is 0 Å². The number of hydrogen-bond acceptors (Lipinski definition) is 6. The van der Waals surface area contributed by atoms with Gasteiger partial charge in [-0.05, 0) is 83.5 Å². The SMILES string of the molecule is CNc1cc(C)c(S(=O)(=O)NC(=O)Cc2c(-c3ccnc(OC)c3)cc(F)cc2C(C)C)cc1C. The van der Waals surface area contributed by atoms with Crippen LogP contribution in [0, 0.1) is 19.7 Å². The first kappa shape index (κ1) is 26.2. The summed E-state index contributed by atoms with van der Waals surface area (Å²) in [5, 5.41) is 3.01. The monoisotopic (exact) mass is 499 g/mol. The smallest absolute Gasteiger partial charge is 0.264 e. The molecule has 0 bridgehead atoms. The number of anilines is 1. The molecular weight excluding hydrogens is 469 g/mol. The summed E-state index contributed by atoms with van der Waals surface area (Å²) in [5.74, 6) is -0.930. The molecule has 0 aliphatic rings. The number of pyridine rings is 1. The van der Waals surface area contributed by atoms with Crippen LogP contribution in [0.1, 0.15) is 42.0 Å². The highest BCUT2D eigenvalue weighted by Crippen LogP contribution is 2.33. The summed E-state index contributed by atoms with van der Waals surface area (Å²) in [5.41, 5.74) is 4.30. The molecule has 1 aromatic heterocycles. The molecule has 0 aliphatic carbocycles. The maximum Gasteiger partial charge on any atom is 0.264 e. The predicted octanol–water partition coefficient (Wildman–Crippen LogP) is 4.73. The molecule has 7 nitrogen and oxygen atoms in total. The molecule has 1 amide bonds. The van der Waals surface area contributed by atoms with Gasteiger partial charge in [0.05, 0.1) is 18.4 Å². The van der Waals surface area contributed by atoms with Gasteiger partial charge in [0.25, 0.3) is 10.0 Å². The molecule has 2 aromatic carbocycles. The Balaban J connectivity index is 2.02. The van der Waals surface area contributed by atoms with Crippen LogP contribution in [0.5, 0.6) is 5.88 Å². The molecular formula is C26H30FN3O4S. The van der Waals surface area contributed by atoms with Gasteiger partial charge in [-0.1, -0.05) is 13.8 Å². The fraction of sp³-hybridized carbons (Fsp3) is 0.308. The van der Waals surface area contributed by atoms with Crippen LogP contribution in [0.25, 0.3) is 11.1 Å². The second-order valence-electron chi connectivity index (χ2n) is 8.65. The number of rotatable bonds is 8. The maximum absolute atomic E-state index is 14.6. The van der Waals surface area contributed by atoms with Crippen molar-refractivity contribution >= 4 is 21.6 Å². The number of aryl methyl sites for hydroxylation is 2. The van der Waals surface area contributed by atoms with Crippen LogP contribution < -0.4 is 14.8 Å². The third kappa shape index (κ3) is 5.79. The highest BCUT2D eigenvalue weighted by atomic mass is 32.2. The number of carbonyl (C=O) groups is 1. The molecule has 1 heterocycles. The number of hydrogen-bond donors (Lipinski definition) is 2. The van der Waals surface area contributed by atoms with Gasteiger partial charge in [0.1, 0.15) is 5.82 Å². The summed E-state index contributed by atoms with van der Waals surface area (Å²) >= 11 is 0. The lowest BCUT2D eigenvalue weighted by molar-refractivity contribution is -0.118. The minimum atomic E-state index is -4.12. The Morgan fingerprint density at radius 1 is 1.11 bits per heavy atom. The number of amides is 1. The normalized spacial score (nSPS) is 11.4. The largest absolute Gasteiger partial charge is 0.481 e. The van der Waals surface area contributed by atoms with Crippen molar-refractivity contribution in [2.45, 2.75) is 44.9 Å². The molecule has 0 saturated heterocycles. The Kier molecular flexibility index (Phi) is 7.80. The summed E-state index contributed by atoms with van der Waals surface area (Å²) in [4.78, 5) is 17.2. The quantitative estimate of drug-likeness (QED) is 0.465. The highest BCUT2D eigenvalue weighted by molar-refractivity contribution is 7.90. The Bertz CT molecular complexity index is 1370. The third-order valence-corrected chi connectivity index (χ3v) is 7.31. The van der Waals surface area contributed by atoms with E-state index in [9.17, 15) is 17.6 Å². The van der Waals surface area contributed by atoms with E-state index in [0.717, 1.165) is 11.3 Å². The van der Waals surface area contributed by atoms with Crippen LogP contribution in [-0.2, 0) is 21.2 Å². The van der Waals surface area contributed by atoms with Gasteiger partial charge in [0.2, 0.25) is 11.8 Å². The number of methoxy groups -OCH3 is 1.